The Labute approximate surface area is 124 Å². The molecule has 5 heteroatoms. The van der Waals surface area contributed by atoms with Gasteiger partial charge in [-0.1, -0.05) is 11.8 Å². The van der Waals surface area contributed by atoms with Gasteiger partial charge in [0, 0.05) is 25.1 Å². The van der Waals surface area contributed by atoms with E-state index in [2.05, 4.69) is 17.2 Å². The third-order valence-electron chi connectivity index (χ3n) is 2.69. The number of carbonyl (C=O) groups is 1. The van der Waals surface area contributed by atoms with Crippen LogP contribution in [0.2, 0.25) is 0 Å². The fourth-order valence-electron chi connectivity index (χ4n) is 1.70. The average molecular weight is 293 g/mol. The number of hydrogen-bond acceptors (Lipinski definition) is 3. The van der Waals surface area contributed by atoms with Crippen LogP contribution in [-0.2, 0) is 4.74 Å². The summed E-state index contributed by atoms with van der Waals surface area (Å²) in [6, 6.07) is 3.87. The van der Waals surface area contributed by atoms with Crippen LogP contribution in [0.5, 0.6) is 0 Å². The number of hydrogen-bond donors (Lipinski definition) is 2. The molecule has 1 rings (SSSR count). The van der Waals surface area contributed by atoms with Gasteiger partial charge in [0.25, 0.3) is 5.91 Å². The minimum absolute atomic E-state index is 0.0540. The molecule has 0 aliphatic carbocycles. The Morgan fingerprint density at radius 1 is 1.52 bits per heavy atom. The van der Waals surface area contributed by atoms with E-state index in [1.54, 1.807) is 0 Å². The zero-order valence-electron chi connectivity index (χ0n) is 12.3. The highest BCUT2D eigenvalue weighted by atomic mass is 19.1. The van der Waals surface area contributed by atoms with Crippen LogP contribution >= 0.6 is 0 Å². The fourth-order valence-corrected chi connectivity index (χ4v) is 1.70. The summed E-state index contributed by atoms with van der Waals surface area (Å²) in [5.41, 5.74) is 0.621. The molecule has 4 nitrogen and oxygen atoms in total. The van der Waals surface area contributed by atoms with Crippen LogP contribution in [0, 0.1) is 17.7 Å². The number of aliphatic hydroxyl groups excluding tert-OH is 1. The number of carbonyl (C=O) groups excluding carboxylic acids is 1. The fraction of sp³-hybridized carbons (Fsp3) is 0.438. The van der Waals surface area contributed by atoms with E-state index in [1.165, 1.54) is 12.1 Å². The molecule has 0 aliphatic rings. The zero-order chi connectivity index (χ0) is 15.7. The molecule has 0 heterocycles. The number of ether oxygens (including phenoxy) is 1. The number of halogens is 1. The Bertz CT molecular complexity index is 534. The lowest BCUT2D eigenvalue weighted by atomic mass is 10.1. The largest absolute Gasteiger partial charge is 0.395 e. The lowest BCUT2D eigenvalue weighted by Gasteiger charge is -2.13. The molecule has 1 amide bonds. The number of nitrogens with one attached hydrogen (secondary N) is 1. The van der Waals surface area contributed by atoms with Crippen molar-refractivity contribution in [3.63, 3.8) is 0 Å². The molecule has 114 valence electrons. The van der Waals surface area contributed by atoms with Gasteiger partial charge < -0.3 is 15.2 Å². The van der Waals surface area contributed by atoms with E-state index in [9.17, 15) is 9.18 Å². The first-order valence-electron chi connectivity index (χ1n) is 6.87. The summed E-state index contributed by atoms with van der Waals surface area (Å²) in [7, 11) is 0. The second-order valence-corrected chi connectivity index (χ2v) is 4.44. The zero-order valence-corrected chi connectivity index (χ0v) is 12.3. The highest BCUT2D eigenvalue weighted by Crippen LogP contribution is 2.10. The molecule has 0 spiro atoms. The van der Waals surface area contributed by atoms with Gasteiger partial charge in [-0.25, -0.2) is 4.39 Å². The van der Waals surface area contributed by atoms with Crippen LogP contribution in [0.15, 0.2) is 18.2 Å². The van der Waals surface area contributed by atoms with Crippen LogP contribution in [-0.4, -0.2) is 36.9 Å². The minimum atomic E-state index is -0.495. The van der Waals surface area contributed by atoms with Crippen LogP contribution in [0.25, 0.3) is 0 Å². The average Bonchev–Trinajstić information content (AvgIpc) is 2.46. The predicted octanol–water partition coefficient (Wildman–Crippen LogP) is 1.71. The van der Waals surface area contributed by atoms with Crippen molar-refractivity contribution in [1.29, 1.82) is 0 Å². The summed E-state index contributed by atoms with van der Waals surface area (Å²) in [6.45, 7) is 4.57. The molecule has 1 unspecified atom stereocenters. The molecule has 1 aromatic carbocycles. The van der Waals surface area contributed by atoms with Crippen LogP contribution < -0.4 is 5.32 Å². The summed E-state index contributed by atoms with van der Waals surface area (Å²) < 4.78 is 18.6. The van der Waals surface area contributed by atoms with Crippen LogP contribution in [0.4, 0.5) is 4.39 Å². The van der Waals surface area contributed by atoms with Crippen molar-refractivity contribution in [3.8, 4) is 11.8 Å². The lowest BCUT2D eigenvalue weighted by Crippen LogP contribution is -2.32. The Hall–Kier alpha value is -1.90. The van der Waals surface area contributed by atoms with Crippen LogP contribution in [0.3, 0.4) is 0 Å². The molecule has 0 radical (unpaired) electrons. The number of aliphatic hydroxyl groups is 1. The normalized spacial score (nSPS) is 11.4. The Kier molecular flexibility index (Phi) is 7.44. The first-order valence-corrected chi connectivity index (χ1v) is 6.87. The van der Waals surface area contributed by atoms with Gasteiger partial charge in [0.2, 0.25) is 0 Å². The molecule has 0 fully saturated rings. The monoisotopic (exact) mass is 293 g/mol. The smallest absolute Gasteiger partial charge is 0.252 e. The quantitative estimate of drug-likeness (QED) is 0.785. The lowest BCUT2D eigenvalue weighted by molar-refractivity contribution is 0.0695. The summed E-state index contributed by atoms with van der Waals surface area (Å²) in [4.78, 5) is 12.1. The second-order valence-electron chi connectivity index (χ2n) is 4.44. The second kappa shape index (κ2) is 9.11. The van der Waals surface area contributed by atoms with Gasteiger partial charge in [-0.15, -0.1) is 0 Å². The molecule has 0 bridgehead atoms. The van der Waals surface area contributed by atoms with E-state index in [0.717, 1.165) is 6.07 Å². The van der Waals surface area contributed by atoms with E-state index in [-0.39, 0.29) is 18.3 Å². The van der Waals surface area contributed by atoms with Crippen molar-refractivity contribution in [1.82, 2.24) is 5.32 Å². The Morgan fingerprint density at radius 2 is 2.29 bits per heavy atom. The summed E-state index contributed by atoms with van der Waals surface area (Å²) in [5, 5.41) is 11.4. The third kappa shape index (κ3) is 5.94. The molecule has 0 aliphatic heterocycles. The highest BCUT2D eigenvalue weighted by Gasteiger charge is 2.12. The Morgan fingerprint density at radius 3 is 2.95 bits per heavy atom. The van der Waals surface area contributed by atoms with Crippen molar-refractivity contribution in [3.05, 3.63) is 35.1 Å². The van der Waals surface area contributed by atoms with Gasteiger partial charge in [-0.05, 0) is 32.0 Å². The van der Waals surface area contributed by atoms with Crippen molar-refractivity contribution < 1.29 is 19.0 Å². The van der Waals surface area contributed by atoms with Crippen molar-refractivity contribution in [2.24, 2.45) is 0 Å². The van der Waals surface area contributed by atoms with Crippen LogP contribution in [0.1, 0.15) is 36.2 Å². The summed E-state index contributed by atoms with van der Waals surface area (Å²) in [6.07, 6.45) is 0.191. The first kappa shape index (κ1) is 17.2. The molecule has 0 aromatic heterocycles. The van der Waals surface area contributed by atoms with Gasteiger partial charge in [-0.3, -0.25) is 4.79 Å². The minimum Gasteiger partial charge on any atom is -0.395 e. The molecular formula is C16H20FNO3. The van der Waals surface area contributed by atoms with Crippen molar-refractivity contribution in [2.75, 3.05) is 19.8 Å². The van der Waals surface area contributed by atoms with Gasteiger partial charge in [0.1, 0.15) is 5.82 Å². The number of rotatable bonds is 6. The van der Waals surface area contributed by atoms with E-state index >= 15 is 0 Å². The molecule has 0 saturated heterocycles. The molecule has 1 atom stereocenters. The van der Waals surface area contributed by atoms with Gasteiger partial charge in [0.15, 0.2) is 0 Å². The molecule has 21 heavy (non-hydrogen) atoms. The molecule has 0 saturated carbocycles. The van der Waals surface area contributed by atoms with E-state index in [0.29, 0.717) is 25.1 Å². The predicted molar refractivity (Wildman–Crippen MR) is 78.4 cm³/mol. The van der Waals surface area contributed by atoms with Crippen molar-refractivity contribution in [2.45, 2.75) is 26.4 Å². The third-order valence-corrected chi connectivity index (χ3v) is 2.69. The molecular weight excluding hydrogens is 273 g/mol. The van der Waals surface area contributed by atoms with Gasteiger partial charge in [0.05, 0.1) is 18.3 Å². The van der Waals surface area contributed by atoms with Crippen molar-refractivity contribution >= 4 is 5.91 Å². The van der Waals surface area contributed by atoms with Gasteiger partial charge in [-0.2, -0.15) is 0 Å². The van der Waals surface area contributed by atoms with E-state index < -0.39 is 11.7 Å². The maximum atomic E-state index is 13.3. The maximum Gasteiger partial charge on any atom is 0.252 e. The maximum absolute atomic E-state index is 13.3. The van der Waals surface area contributed by atoms with Gasteiger partial charge >= 0.3 is 0 Å². The SMILES string of the molecule is CCOC(C)CNC(=O)c1cc(F)ccc1C#CCCO. The van der Waals surface area contributed by atoms with E-state index in [4.69, 9.17) is 9.84 Å². The summed E-state index contributed by atoms with van der Waals surface area (Å²) in [5.74, 6) is 4.60. The number of amides is 1. The number of benzene rings is 1. The molecule has 1 aromatic rings. The highest BCUT2D eigenvalue weighted by molar-refractivity contribution is 5.96. The van der Waals surface area contributed by atoms with E-state index in [1.807, 2.05) is 13.8 Å². The first-order chi connectivity index (χ1) is 10.1. The molecule has 2 N–H and O–H groups in total. The summed E-state index contributed by atoms with van der Waals surface area (Å²) >= 11 is 0. The Balaban J connectivity index is 2.82. The topological polar surface area (TPSA) is 58.6 Å². The standard InChI is InChI=1S/C16H20FNO3/c1-3-21-12(2)11-18-16(20)15-10-14(17)8-7-13(15)6-4-5-9-19/h7-8,10,12,19H,3,5,9,11H2,1-2H3,(H,18,20).